The molecule has 0 unspecified atom stereocenters. The van der Waals surface area contributed by atoms with Crippen LogP contribution in [0.25, 0.3) is 21.9 Å². The topological polar surface area (TPSA) is 52.3 Å². The van der Waals surface area contributed by atoms with E-state index in [4.69, 9.17) is 9.26 Å². The molecule has 4 heteroatoms. The number of ether oxygens (including phenoxy) is 1. The van der Waals surface area contributed by atoms with Crippen molar-refractivity contribution in [1.82, 2.24) is 5.16 Å². The molecule has 1 heterocycles. The molecule has 3 aromatic rings. The van der Waals surface area contributed by atoms with Gasteiger partial charge in [-0.1, -0.05) is 47.6 Å². The van der Waals surface area contributed by atoms with Gasteiger partial charge in [-0.15, -0.1) is 0 Å². The summed E-state index contributed by atoms with van der Waals surface area (Å²) in [5.41, 5.74) is 1.74. The second kappa shape index (κ2) is 4.57. The lowest BCUT2D eigenvalue weighted by Crippen LogP contribution is -2.03. The highest BCUT2D eigenvalue weighted by molar-refractivity contribution is 6.02. The van der Waals surface area contributed by atoms with Crippen LogP contribution in [-0.4, -0.2) is 18.2 Å². The fourth-order valence-corrected chi connectivity index (χ4v) is 2.13. The summed E-state index contributed by atoms with van der Waals surface area (Å²) in [7, 11) is 1.32. The summed E-state index contributed by atoms with van der Waals surface area (Å²) in [6.45, 7) is 0. The molecule has 0 amide bonds. The van der Waals surface area contributed by atoms with Crippen LogP contribution in [0.1, 0.15) is 10.5 Å². The standard InChI is InChI=1S/C15H11NO3/c1-18-15(17)14-13(9-19-16-14)12-8-4-6-10-5-2-3-7-11(10)12/h2-9H,1H3. The molecule has 1 aromatic heterocycles. The van der Waals surface area contributed by atoms with Crippen LogP contribution in [0.5, 0.6) is 0 Å². The maximum Gasteiger partial charge on any atom is 0.360 e. The van der Waals surface area contributed by atoms with Crippen molar-refractivity contribution in [3.8, 4) is 11.1 Å². The van der Waals surface area contributed by atoms with E-state index >= 15 is 0 Å². The molecule has 3 rings (SSSR count). The van der Waals surface area contributed by atoms with Crippen LogP contribution in [0.15, 0.2) is 53.3 Å². The average Bonchev–Trinajstić information content (AvgIpc) is 2.95. The molecule has 0 N–H and O–H groups in total. The van der Waals surface area contributed by atoms with E-state index < -0.39 is 5.97 Å². The number of hydrogen-bond acceptors (Lipinski definition) is 4. The van der Waals surface area contributed by atoms with Crippen LogP contribution >= 0.6 is 0 Å². The Balaban J connectivity index is 2.26. The molecule has 0 aliphatic heterocycles. The van der Waals surface area contributed by atoms with Crippen LogP contribution in [0, 0.1) is 0 Å². The van der Waals surface area contributed by atoms with E-state index in [-0.39, 0.29) is 5.69 Å². The Kier molecular flexibility index (Phi) is 2.76. The first-order chi connectivity index (χ1) is 9.31. The quantitative estimate of drug-likeness (QED) is 0.658. The van der Waals surface area contributed by atoms with E-state index in [0.717, 1.165) is 16.3 Å². The second-order valence-electron chi connectivity index (χ2n) is 4.10. The van der Waals surface area contributed by atoms with Crippen LogP contribution in [0.2, 0.25) is 0 Å². The van der Waals surface area contributed by atoms with Crippen LogP contribution in [0.4, 0.5) is 0 Å². The van der Waals surface area contributed by atoms with Crippen molar-refractivity contribution < 1.29 is 14.1 Å². The molecule has 0 fully saturated rings. The highest BCUT2D eigenvalue weighted by Gasteiger charge is 2.19. The first kappa shape index (κ1) is 11.5. The molecule has 0 radical (unpaired) electrons. The second-order valence-corrected chi connectivity index (χ2v) is 4.10. The van der Waals surface area contributed by atoms with Crippen LogP contribution < -0.4 is 0 Å². The summed E-state index contributed by atoms with van der Waals surface area (Å²) in [5.74, 6) is -0.503. The number of nitrogens with zero attached hydrogens (tertiary/aromatic N) is 1. The van der Waals surface area contributed by atoms with E-state index in [1.165, 1.54) is 13.4 Å². The highest BCUT2D eigenvalue weighted by Crippen LogP contribution is 2.30. The average molecular weight is 253 g/mol. The third kappa shape index (κ3) is 1.87. The molecule has 0 saturated heterocycles. The van der Waals surface area contributed by atoms with Crippen molar-refractivity contribution in [3.05, 3.63) is 54.4 Å². The summed E-state index contributed by atoms with van der Waals surface area (Å²) >= 11 is 0. The molecule has 0 bridgehead atoms. The largest absolute Gasteiger partial charge is 0.464 e. The highest BCUT2D eigenvalue weighted by atomic mass is 16.5. The van der Waals surface area contributed by atoms with E-state index in [1.807, 2.05) is 42.5 Å². The van der Waals surface area contributed by atoms with E-state index in [1.54, 1.807) is 0 Å². The van der Waals surface area contributed by atoms with E-state index in [0.29, 0.717) is 5.56 Å². The first-order valence-electron chi connectivity index (χ1n) is 5.82. The molecule has 2 aromatic carbocycles. The smallest absolute Gasteiger partial charge is 0.360 e. The van der Waals surface area contributed by atoms with Crippen molar-refractivity contribution >= 4 is 16.7 Å². The van der Waals surface area contributed by atoms with Gasteiger partial charge >= 0.3 is 5.97 Å². The number of benzene rings is 2. The molecular formula is C15H11NO3. The minimum absolute atomic E-state index is 0.193. The number of carbonyl (C=O) groups excluding carboxylic acids is 1. The predicted molar refractivity (Wildman–Crippen MR) is 70.8 cm³/mol. The Labute approximate surface area is 109 Å². The molecule has 4 nitrogen and oxygen atoms in total. The van der Waals surface area contributed by atoms with E-state index in [2.05, 4.69) is 5.16 Å². The van der Waals surface area contributed by atoms with Gasteiger partial charge < -0.3 is 9.26 Å². The third-order valence-corrected chi connectivity index (χ3v) is 3.03. The number of aromatic nitrogens is 1. The number of methoxy groups -OCH3 is 1. The number of fused-ring (bicyclic) bond motifs is 1. The van der Waals surface area contributed by atoms with Crippen LogP contribution in [-0.2, 0) is 4.74 Å². The lowest BCUT2D eigenvalue weighted by molar-refractivity contribution is 0.0590. The van der Waals surface area contributed by atoms with Gasteiger partial charge in [0.25, 0.3) is 0 Å². The third-order valence-electron chi connectivity index (χ3n) is 3.03. The lowest BCUT2D eigenvalue weighted by atomic mass is 9.99. The molecule has 19 heavy (non-hydrogen) atoms. The van der Waals surface area contributed by atoms with Gasteiger partial charge in [0.05, 0.1) is 12.7 Å². The normalized spacial score (nSPS) is 10.6. The van der Waals surface area contributed by atoms with Gasteiger partial charge in [-0.25, -0.2) is 4.79 Å². The number of carbonyl (C=O) groups is 1. The Morgan fingerprint density at radius 3 is 2.74 bits per heavy atom. The zero-order valence-electron chi connectivity index (χ0n) is 10.3. The molecule has 0 aliphatic rings. The summed E-state index contributed by atoms with van der Waals surface area (Å²) in [5, 5.41) is 5.86. The van der Waals surface area contributed by atoms with Gasteiger partial charge in [-0.05, 0) is 16.3 Å². The minimum atomic E-state index is -0.503. The van der Waals surface area contributed by atoms with Gasteiger partial charge in [-0.2, -0.15) is 0 Å². The van der Waals surface area contributed by atoms with Gasteiger partial charge in [0.15, 0.2) is 5.69 Å². The molecule has 0 atom stereocenters. The van der Waals surface area contributed by atoms with E-state index in [9.17, 15) is 4.79 Å². The summed E-state index contributed by atoms with van der Waals surface area (Å²) < 4.78 is 9.63. The zero-order valence-corrected chi connectivity index (χ0v) is 10.3. The number of hydrogen-bond donors (Lipinski definition) is 0. The van der Waals surface area contributed by atoms with Crippen molar-refractivity contribution in [2.24, 2.45) is 0 Å². The van der Waals surface area contributed by atoms with Gasteiger partial charge in [0.2, 0.25) is 0 Å². The van der Waals surface area contributed by atoms with Crippen molar-refractivity contribution in [2.75, 3.05) is 7.11 Å². The molecule has 0 saturated carbocycles. The summed E-state index contributed by atoms with van der Waals surface area (Å²) in [4.78, 5) is 11.7. The van der Waals surface area contributed by atoms with Crippen molar-refractivity contribution in [1.29, 1.82) is 0 Å². The number of rotatable bonds is 2. The zero-order chi connectivity index (χ0) is 13.2. The minimum Gasteiger partial charge on any atom is -0.464 e. The Morgan fingerprint density at radius 2 is 1.89 bits per heavy atom. The first-order valence-corrected chi connectivity index (χ1v) is 5.82. The SMILES string of the molecule is COC(=O)c1nocc1-c1cccc2ccccc12. The van der Waals surface area contributed by atoms with Crippen LogP contribution in [0.3, 0.4) is 0 Å². The van der Waals surface area contributed by atoms with Gasteiger partial charge in [-0.3, -0.25) is 0 Å². The fraction of sp³-hybridized carbons (Fsp3) is 0.0667. The summed E-state index contributed by atoms with van der Waals surface area (Å²) in [6.07, 6.45) is 1.47. The monoisotopic (exact) mass is 253 g/mol. The van der Waals surface area contributed by atoms with Crippen molar-refractivity contribution in [2.45, 2.75) is 0 Å². The predicted octanol–water partition coefficient (Wildman–Crippen LogP) is 3.28. The molecule has 94 valence electrons. The maximum absolute atomic E-state index is 11.7. The molecular weight excluding hydrogens is 242 g/mol. The Hall–Kier alpha value is -2.62. The van der Waals surface area contributed by atoms with Gasteiger partial charge in [0.1, 0.15) is 6.26 Å². The lowest BCUT2D eigenvalue weighted by Gasteiger charge is -2.05. The van der Waals surface area contributed by atoms with Gasteiger partial charge in [0, 0.05) is 0 Å². The Morgan fingerprint density at radius 1 is 1.11 bits per heavy atom. The summed E-state index contributed by atoms with van der Waals surface area (Å²) in [6, 6.07) is 13.8. The molecule has 0 spiro atoms. The number of esters is 1. The molecule has 0 aliphatic carbocycles. The maximum atomic E-state index is 11.7. The van der Waals surface area contributed by atoms with Crippen molar-refractivity contribution in [3.63, 3.8) is 0 Å². The Bertz CT molecular complexity index is 740. The fourth-order valence-electron chi connectivity index (χ4n) is 2.13.